The van der Waals surface area contributed by atoms with Gasteiger partial charge in [-0.3, -0.25) is 0 Å². The van der Waals surface area contributed by atoms with Gasteiger partial charge in [0.1, 0.15) is 0 Å². The lowest BCUT2D eigenvalue weighted by molar-refractivity contribution is 0.190. The highest BCUT2D eigenvalue weighted by molar-refractivity contribution is 7.71. The Morgan fingerprint density at radius 3 is 3.12 bits per heavy atom. The van der Waals surface area contributed by atoms with E-state index < -0.39 is 0 Å². The minimum absolute atomic E-state index is 0.730. The van der Waals surface area contributed by atoms with Crippen molar-refractivity contribution >= 4 is 23.4 Å². The van der Waals surface area contributed by atoms with E-state index in [1.807, 2.05) is 16.8 Å². The standard InChI is InChI=1S/C11H15N3OS/c1-8-4-5-12-10-9(8)13-11(16)14(10)6-3-7-15-2/h4-5H,3,6-7H2,1-2H3,(H,13,16). The van der Waals surface area contributed by atoms with Crippen molar-refractivity contribution in [3.63, 3.8) is 0 Å². The number of hydrogen-bond acceptors (Lipinski definition) is 3. The summed E-state index contributed by atoms with van der Waals surface area (Å²) in [6.45, 7) is 3.62. The summed E-state index contributed by atoms with van der Waals surface area (Å²) in [4.78, 5) is 7.56. The molecular weight excluding hydrogens is 222 g/mol. The summed E-state index contributed by atoms with van der Waals surface area (Å²) < 4.78 is 7.79. The summed E-state index contributed by atoms with van der Waals surface area (Å²) >= 11 is 5.29. The summed E-state index contributed by atoms with van der Waals surface area (Å²) in [5.41, 5.74) is 3.13. The first-order chi connectivity index (χ1) is 7.74. The molecule has 0 bridgehead atoms. The molecule has 5 heteroatoms. The molecule has 0 unspecified atom stereocenters. The minimum Gasteiger partial charge on any atom is -0.385 e. The molecule has 1 N–H and O–H groups in total. The number of rotatable bonds is 4. The van der Waals surface area contributed by atoms with Crippen LogP contribution in [0.3, 0.4) is 0 Å². The molecule has 0 spiro atoms. The number of aryl methyl sites for hydroxylation is 2. The predicted octanol–water partition coefficient (Wildman–Crippen LogP) is 2.44. The summed E-state index contributed by atoms with van der Waals surface area (Å²) in [5.74, 6) is 0. The van der Waals surface area contributed by atoms with E-state index in [4.69, 9.17) is 17.0 Å². The summed E-state index contributed by atoms with van der Waals surface area (Å²) in [5, 5.41) is 0. The van der Waals surface area contributed by atoms with Gasteiger partial charge in [0, 0.05) is 26.5 Å². The van der Waals surface area contributed by atoms with Gasteiger partial charge in [-0.15, -0.1) is 0 Å². The maximum Gasteiger partial charge on any atom is 0.179 e. The Morgan fingerprint density at radius 2 is 2.38 bits per heavy atom. The van der Waals surface area contributed by atoms with Gasteiger partial charge < -0.3 is 14.3 Å². The molecule has 16 heavy (non-hydrogen) atoms. The van der Waals surface area contributed by atoms with Crippen LogP contribution in [0.5, 0.6) is 0 Å². The van der Waals surface area contributed by atoms with Gasteiger partial charge in [-0.25, -0.2) is 4.98 Å². The summed E-state index contributed by atoms with van der Waals surface area (Å²) in [7, 11) is 1.71. The molecule has 0 aliphatic rings. The Kier molecular flexibility index (Phi) is 3.36. The van der Waals surface area contributed by atoms with Crippen LogP contribution < -0.4 is 0 Å². The molecular formula is C11H15N3OS. The SMILES string of the molecule is COCCCn1c(=S)[nH]c2c(C)ccnc21. The highest BCUT2D eigenvalue weighted by Gasteiger charge is 2.06. The van der Waals surface area contributed by atoms with E-state index in [1.54, 1.807) is 7.11 Å². The van der Waals surface area contributed by atoms with Crippen molar-refractivity contribution < 1.29 is 4.74 Å². The van der Waals surface area contributed by atoms with Crippen LogP contribution in [-0.4, -0.2) is 28.3 Å². The second kappa shape index (κ2) is 4.76. The molecule has 2 aromatic rings. The number of fused-ring (bicyclic) bond motifs is 1. The zero-order chi connectivity index (χ0) is 11.5. The molecule has 0 aliphatic heterocycles. The number of aromatic nitrogens is 3. The van der Waals surface area contributed by atoms with Gasteiger partial charge in [0.15, 0.2) is 10.4 Å². The Labute approximate surface area is 99.3 Å². The Morgan fingerprint density at radius 1 is 1.56 bits per heavy atom. The fourth-order valence-electron chi connectivity index (χ4n) is 1.75. The van der Waals surface area contributed by atoms with Crippen LogP contribution in [0.2, 0.25) is 0 Å². The van der Waals surface area contributed by atoms with Gasteiger partial charge in [-0.05, 0) is 37.2 Å². The number of methoxy groups -OCH3 is 1. The van der Waals surface area contributed by atoms with Crippen LogP contribution in [0, 0.1) is 11.7 Å². The van der Waals surface area contributed by atoms with Crippen molar-refractivity contribution in [2.45, 2.75) is 19.9 Å². The smallest absolute Gasteiger partial charge is 0.179 e. The first kappa shape index (κ1) is 11.3. The fourth-order valence-corrected chi connectivity index (χ4v) is 2.03. The second-order valence-electron chi connectivity index (χ2n) is 3.75. The number of H-pyrrole nitrogens is 1. The van der Waals surface area contributed by atoms with E-state index in [0.717, 1.165) is 35.5 Å². The first-order valence-electron chi connectivity index (χ1n) is 5.27. The highest BCUT2D eigenvalue weighted by Crippen LogP contribution is 2.15. The topological polar surface area (TPSA) is 42.8 Å². The molecule has 0 amide bonds. The van der Waals surface area contributed by atoms with Gasteiger partial charge in [0.2, 0.25) is 0 Å². The predicted molar refractivity (Wildman–Crippen MR) is 66.1 cm³/mol. The van der Waals surface area contributed by atoms with Crippen molar-refractivity contribution in [1.29, 1.82) is 0 Å². The van der Waals surface area contributed by atoms with E-state index in [1.165, 1.54) is 5.56 Å². The van der Waals surface area contributed by atoms with Crippen LogP contribution >= 0.6 is 12.2 Å². The molecule has 2 aromatic heterocycles. The number of aromatic amines is 1. The van der Waals surface area contributed by atoms with Gasteiger partial charge in [0.05, 0.1) is 5.52 Å². The minimum atomic E-state index is 0.730. The average molecular weight is 237 g/mol. The Balaban J connectivity index is 2.40. The van der Waals surface area contributed by atoms with E-state index >= 15 is 0 Å². The van der Waals surface area contributed by atoms with E-state index in [-0.39, 0.29) is 0 Å². The molecule has 0 atom stereocenters. The van der Waals surface area contributed by atoms with E-state index in [0.29, 0.717) is 0 Å². The third-order valence-corrected chi connectivity index (χ3v) is 2.92. The Hall–Kier alpha value is -1.20. The van der Waals surface area contributed by atoms with Crippen molar-refractivity contribution in [1.82, 2.24) is 14.5 Å². The Bertz CT molecular complexity index is 544. The van der Waals surface area contributed by atoms with Crippen LogP contribution in [0.1, 0.15) is 12.0 Å². The van der Waals surface area contributed by atoms with Crippen LogP contribution in [0.25, 0.3) is 11.2 Å². The molecule has 4 nitrogen and oxygen atoms in total. The van der Waals surface area contributed by atoms with Crippen molar-refractivity contribution in [3.05, 3.63) is 22.6 Å². The number of pyridine rings is 1. The second-order valence-corrected chi connectivity index (χ2v) is 4.14. The lowest BCUT2D eigenvalue weighted by atomic mass is 10.3. The highest BCUT2D eigenvalue weighted by atomic mass is 32.1. The van der Waals surface area contributed by atoms with Gasteiger partial charge in [-0.2, -0.15) is 0 Å². The maximum absolute atomic E-state index is 5.29. The molecule has 0 aliphatic carbocycles. The third kappa shape index (κ3) is 2.01. The van der Waals surface area contributed by atoms with Crippen LogP contribution in [0.15, 0.2) is 12.3 Å². The van der Waals surface area contributed by atoms with E-state index in [9.17, 15) is 0 Å². The molecule has 0 fully saturated rings. The fraction of sp³-hybridized carbons (Fsp3) is 0.455. The van der Waals surface area contributed by atoms with Crippen LogP contribution in [-0.2, 0) is 11.3 Å². The number of hydrogen-bond donors (Lipinski definition) is 1. The largest absolute Gasteiger partial charge is 0.385 e. The van der Waals surface area contributed by atoms with Crippen molar-refractivity contribution in [2.75, 3.05) is 13.7 Å². The molecule has 0 radical (unpaired) electrons. The zero-order valence-corrected chi connectivity index (χ0v) is 10.3. The number of nitrogens with zero attached hydrogens (tertiary/aromatic N) is 2. The summed E-state index contributed by atoms with van der Waals surface area (Å²) in [6, 6.07) is 1.98. The third-order valence-electron chi connectivity index (χ3n) is 2.60. The monoisotopic (exact) mass is 237 g/mol. The van der Waals surface area contributed by atoms with Crippen molar-refractivity contribution in [3.8, 4) is 0 Å². The average Bonchev–Trinajstić information content (AvgIpc) is 2.58. The molecule has 2 rings (SSSR count). The lowest BCUT2D eigenvalue weighted by Gasteiger charge is -2.03. The van der Waals surface area contributed by atoms with Crippen LogP contribution in [0.4, 0.5) is 0 Å². The van der Waals surface area contributed by atoms with Gasteiger partial charge in [0.25, 0.3) is 0 Å². The molecule has 2 heterocycles. The van der Waals surface area contributed by atoms with E-state index in [2.05, 4.69) is 16.9 Å². The maximum atomic E-state index is 5.29. The first-order valence-corrected chi connectivity index (χ1v) is 5.68. The summed E-state index contributed by atoms with van der Waals surface area (Å²) in [6.07, 6.45) is 2.75. The number of imidazole rings is 1. The van der Waals surface area contributed by atoms with Crippen molar-refractivity contribution in [2.24, 2.45) is 0 Å². The number of ether oxygens (including phenoxy) is 1. The quantitative estimate of drug-likeness (QED) is 0.656. The number of nitrogens with one attached hydrogen (secondary N) is 1. The molecule has 0 saturated carbocycles. The van der Waals surface area contributed by atoms with Gasteiger partial charge >= 0.3 is 0 Å². The van der Waals surface area contributed by atoms with Gasteiger partial charge in [-0.1, -0.05) is 0 Å². The molecule has 0 saturated heterocycles. The lowest BCUT2D eigenvalue weighted by Crippen LogP contribution is -2.02. The molecule has 0 aromatic carbocycles. The normalized spacial score (nSPS) is 11.1. The molecule has 86 valence electrons. The zero-order valence-electron chi connectivity index (χ0n) is 9.49.